The third-order valence-electron chi connectivity index (χ3n) is 2.62. The highest BCUT2D eigenvalue weighted by atomic mass is 16.5. The summed E-state index contributed by atoms with van der Waals surface area (Å²) in [6, 6.07) is 0. The van der Waals surface area contributed by atoms with Crippen LogP contribution in [-0.4, -0.2) is 50.8 Å². The van der Waals surface area contributed by atoms with Gasteiger partial charge >= 0.3 is 0 Å². The van der Waals surface area contributed by atoms with Gasteiger partial charge in [-0.1, -0.05) is 6.92 Å². The summed E-state index contributed by atoms with van der Waals surface area (Å²) in [4.78, 5) is 13.2. The molecule has 0 radical (unpaired) electrons. The van der Waals surface area contributed by atoms with Gasteiger partial charge in [0.25, 0.3) is 0 Å². The largest absolute Gasteiger partial charge is 0.379 e. The van der Waals surface area contributed by atoms with E-state index >= 15 is 0 Å². The molecule has 0 atom stereocenters. The molecule has 0 aromatic carbocycles. The van der Waals surface area contributed by atoms with Crippen molar-refractivity contribution in [2.75, 3.05) is 40.0 Å². The first-order valence-corrected chi connectivity index (χ1v) is 6.13. The zero-order valence-corrected chi connectivity index (χ0v) is 10.4. The zero-order valence-electron chi connectivity index (χ0n) is 10.4. The third kappa shape index (κ3) is 6.08. The number of carbonyl (C=O) groups is 1. The Labute approximate surface area is 97.9 Å². The minimum Gasteiger partial charge on any atom is -0.379 e. The van der Waals surface area contributed by atoms with E-state index < -0.39 is 0 Å². The SMILES string of the molecule is CCCOCC(=O)N(C)CCOCC1CC1. The molecular formula is C12H23NO3. The molecule has 0 unspecified atom stereocenters. The maximum Gasteiger partial charge on any atom is 0.248 e. The average Bonchev–Trinajstić information content (AvgIpc) is 3.08. The minimum atomic E-state index is 0.0310. The lowest BCUT2D eigenvalue weighted by molar-refractivity contribution is -0.135. The summed E-state index contributed by atoms with van der Waals surface area (Å²) in [5.41, 5.74) is 0. The second-order valence-corrected chi connectivity index (χ2v) is 4.39. The maximum atomic E-state index is 11.5. The number of carbonyl (C=O) groups excluding carboxylic acids is 1. The molecule has 0 aromatic heterocycles. The van der Waals surface area contributed by atoms with E-state index in [-0.39, 0.29) is 12.5 Å². The Hall–Kier alpha value is -0.610. The number of nitrogens with zero attached hydrogens (tertiary/aromatic N) is 1. The molecule has 94 valence electrons. The van der Waals surface area contributed by atoms with Crippen LogP contribution in [0.3, 0.4) is 0 Å². The molecule has 0 saturated heterocycles. The normalized spacial score (nSPS) is 15.1. The van der Waals surface area contributed by atoms with Crippen molar-refractivity contribution >= 4 is 5.91 Å². The Morgan fingerprint density at radius 3 is 2.69 bits per heavy atom. The highest BCUT2D eigenvalue weighted by Gasteiger charge is 2.21. The number of ether oxygens (including phenoxy) is 2. The number of amides is 1. The highest BCUT2D eigenvalue weighted by Crippen LogP contribution is 2.28. The van der Waals surface area contributed by atoms with Crippen molar-refractivity contribution in [1.29, 1.82) is 0 Å². The van der Waals surface area contributed by atoms with E-state index in [0.29, 0.717) is 19.8 Å². The summed E-state index contributed by atoms with van der Waals surface area (Å²) in [7, 11) is 1.79. The molecule has 0 aromatic rings. The lowest BCUT2D eigenvalue weighted by Gasteiger charge is -2.17. The molecule has 1 aliphatic rings. The van der Waals surface area contributed by atoms with Gasteiger partial charge in [-0.05, 0) is 25.2 Å². The second kappa shape index (κ2) is 7.63. The first-order valence-electron chi connectivity index (χ1n) is 6.13. The predicted octanol–water partition coefficient (Wildman–Crippen LogP) is 1.30. The van der Waals surface area contributed by atoms with Crippen LogP contribution in [0.5, 0.6) is 0 Å². The molecule has 0 N–H and O–H groups in total. The molecule has 1 amide bonds. The summed E-state index contributed by atoms with van der Waals surface area (Å²) in [6.45, 7) is 5.01. The van der Waals surface area contributed by atoms with Gasteiger partial charge in [0.1, 0.15) is 6.61 Å². The van der Waals surface area contributed by atoms with Crippen molar-refractivity contribution in [3.05, 3.63) is 0 Å². The van der Waals surface area contributed by atoms with Gasteiger partial charge in [-0.3, -0.25) is 4.79 Å². The van der Waals surface area contributed by atoms with E-state index in [2.05, 4.69) is 0 Å². The number of likely N-dealkylation sites (N-methyl/N-ethyl adjacent to an activating group) is 1. The fourth-order valence-corrected chi connectivity index (χ4v) is 1.27. The molecule has 1 aliphatic carbocycles. The molecule has 0 spiro atoms. The van der Waals surface area contributed by atoms with Gasteiger partial charge in [0, 0.05) is 26.8 Å². The van der Waals surface area contributed by atoms with Crippen molar-refractivity contribution in [2.45, 2.75) is 26.2 Å². The van der Waals surface area contributed by atoms with Crippen molar-refractivity contribution < 1.29 is 14.3 Å². The van der Waals surface area contributed by atoms with Crippen LogP contribution < -0.4 is 0 Å². The quantitative estimate of drug-likeness (QED) is 0.559. The van der Waals surface area contributed by atoms with Gasteiger partial charge in [-0.2, -0.15) is 0 Å². The van der Waals surface area contributed by atoms with E-state index in [4.69, 9.17) is 9.47 Å². The topological polar surface area (TPSA) is 38.8 Å². The van der Waals surface area contributed by atoms with Crippen LogP contribution >= 0.6 is 0 Å². The lowest BCUT2D eigenvalue weighted by atomic mass is 10.4. The monoisotopic (exact) mass is 229 g/mol. The van der Waals surface area contributed by atoms with Crippen LogP contribution in [0.1, 0.15) is 26.2 Å². The van der Waals surface area contributed by atoms with E-state index in [1.807, 2.05) is 6.92 Å². The van der Waals surface area contributed by atoms with Gasteiger partial charge in [0.2, 0.25) is 5.91 Å². The van der Waals surface area contributed by atoms with Gasteiger partial charge < -0.3 is 14.4 Å². The second-order valence-electron chi connectivity index (χ2n) is 4.39. The van der Waals surface area contributed by atoms with Crippen molar-refractivity contribution in [2.24, 2.45) is 5.92 Å². The smallest absolute Gasteiger partial charge is 0.248 e. The van der Waals surface area contributed by atoms with E-state index in [0.717, 1.165) is 18.9 Å². The molecular weight excluding hydrogens is 206 g/mol. The van der Waals surface area contributed by atoms with Gasteiger partial charge in [0.15, 0.2) is 0 Å². The molecule has 0 heterocycles. The molecule has 1 fully saturated rings. The van der Waals surface area contributed by atoms with Gasteiger partial charge in [-0.25, -0.2) is 0 Å². The minimum absolute atomic E-state index is 0.0310. The van der Waals surface area contributed by atoms with Crippen LogP contribution in [0.4, 0.5) is 0 Å². The molecule has 0 bridgehead atoms. The average molecular weight is 229 g/mol. The summed E-state index contributed by atoms with van der Waals surface area (Å²) in [5, 5.41) is 0. The van der Waals surface area contributed by atoms with Gasteiger partial charge in [-0.15, -0.1) is 0 Å². The number of hydrogen-bond donors (Lipinski definition) is 0. The first-order chi connectivity index (χ1) is 7.74. The van der Waals surface area contributed by atoms with Crippen LogP contribution in [0.25, 0.3) is 0 Å². The lowest BCUT2D eigenvalue weighted by Crippen LogP contribution is -2.33. The Morgan fingerprint density at radius 2 is 2.06 bits per heavy atom. The molecule has 4 heteroatoms. The molecule has 1 saturated carbocycles. The summed E-state index contributed by atoms with van der Waals surface area (Å²) < 4.78 is 10.7. The number of hydrogen-bond acceptors (Lipinski definition) is 3. The molecule has 4 nitrogen and oxygen atoms in total. The van der Waals surface area contributed by atoms with Crippen molar-refractivity contribution in [3.63, 3.8) is 0 Å². The summed E-state index contributed by atoms with van der Waals surface area (Å²) in [5.74, 6) is 0.817. The van der Waals surface area contributed by atoms with Crippen molar-refractivity contribution in [1.82, 2.24) is 4.90 Å². The van der Waals surface area contributed by atoms with E-state index in [1.54, 1.807) is 11.9 Å². The Kier molecular flexibility index (Phi) is 6.42. The highest BCUT2D eigenvalue weighted by molar-refractivity contribution is 5.77. The third-order valence-corrected chi connectivity index (χ3v) is 2.62. The summed E-state index contributed by atoms with van der Waals surface area (Å²) >= 11 is 0. The van der Waals surface area contributed by atoms with Gasteiger partial charge in [0.05, 0.1) is 6.61 Å². The van der Waals surface area contributed by atoms with E-state index in [9.17, 15) is 4.79 Å². The maximum absolute atomic E-state index is 11.5. The fourth-order valence-electron chi connectivity index (χ4n) is 1.27. The van der Waals surface area contributed by atoms with Crippen LogP contribution in [0.15, 0.2) is 0 Å². The standard InChI is InChI=1S/C12H23NO3/c1-3-7-15-10-12(14)13(2)6-8-16-9-11-4-5-11/h11H,3-10H2,1-2H3. The number of rotatable bonds is 9. The first kappa shape index (κ1) is 13.5. The molecule has 16 heavy (non-hydrogen) atoms. The van der Waals surface area contributed by atoms with Crippen LogP contribution in [-0.2, 0) is 14.3 Å². The van der Waals surface area contributed by atoms with Crippen LogP contribution in [0, 0.1) is 5.92 Å². The molecule has 1 rings (SSSR count). The Bertz CT molecular complexity index is 204. The Balaban J connectivity index is 1.94. The Morgan fingerprint density at radius 1 is 1.31 bits per heavy atom. The zero-order chi connectivity index (χ0) is 11.8. The predicted molar refractivity (Wildman–Crippen MR) is 62.3 cm³/mol. The van der Waals surface area contributed by atoms with Crippen molar-refractivity contribution in [3.8, 4) is 0 Å². The van der Waals surface area contributed by atoms with Crippen LogP contribution in [0.2, 0.25) is 0 Å². The fraction of sp³-hybridized carbons (Fsp3) is 0.917. The molecule has 0 aliphatic heterocycles. The van der Waals surface area contributed by atoms with E-state index in [1.165, 1.54) is 12.8 Å². The summed E-state index contributed by atoms with van der Waals surface area (Å²) in [6.07, 6.45) is 3.56.